The molecule has 0 radical (unpaired) electrons. The Morgan fingerprint density at radius 1 is 1.07 bits per heavy atom. The van der Waals surface area contributed by atoms with Gasteiger partial charge in [-0.25, -0.2) is 4.79 Å². The molecule has 0 heterocycles. The molecule has 0 aliphatic carbocycles. The zero-order valence-corrected chi connectivity index (χ0v) is 15.5. The van der Waals surface area contributed by atoms with Crippen molar-refractivity contribution in [2.24, 2.45) is 0 Å². The summed E-state index contributed by atoms with van der Waals surface area (Å²) in [7, 11) is 0. The molecule has 0 saturated heterocycles. The van der Waals surface area contributed by atoms with Crippen LogP contribution in [0, 0.1) is 6.92 Å². The average Bonchev–Trinajstić information content (AvgIpc) is 2.65. The highest BCUT2D eigenvalue weighted by molar-refractivity contribution is 5.99. The lowest BCUT2D eigenvalue weighted by molar-refractivity contribution is -0.136. The van der Waals surface area contributed by atoms with E-state index >= 15 is 0 Å². The van der Waals surface area contributed by atoms with E-state index in [4.69, 9.17) is 4.74 Å². The second kappa shape index (κ2) is 10.1. The third-order valence-electron chi connectivity index (χ3n) is 3.77. The van der Waals surface area contributed by atoms with Crippen LogP contribution in [0.2, 0.25) is 0 Å². The van der Waals surface area contributed by atoms with Gasteiger partial charge in [0.15, 0.2) is 12.4 Å². The molecule has 0 aromatic heterocycles. The Labute approximate surface area is 159 Å². The van der Waals surface area contributed by atoms with Crippen molar-refractivity contribution in [2.45, 2.75) is 26.7 Å². The Kier molecular flexibility index (Phi) is 7.49. The van der Waals surface area contributed by atoms with Crippen molar-refractivity contribution in [2.75, 3.05) is 11.9 Å². The van der Waals surface area contributed by atoms with E-state index in [-0.39, 0.29) is 18.3 Å². The minimum Gasteiger partial charge on any atom is -0.454 e. The standard InChI is InChI=1S/C22H23NO4/c1-3-5-21(25)23-19-11-9-18(10-12-19)20(24)15-27-22(26)13-8-17-7-4-6-16(2)14-17/h4,6-14H,3,5,15H2,1-2H3,(H,23,25)/b13-8+. The van der Waals surface area contributed by atoms with Gasteiger partial charge < -0.3 is 10.1 Å². The first-order valence-corrected chi connectivity index (χ1v) is 8.82. The van der Waals surface area contributed by atoms with Gasteiger partial charge in [-0.2, -0.15) is 0 Å². The van der Waals surface area contributed by atoms with Crippen molar-refractivity contribution >= 4 is 29.4 Å². The lowest BCUT2D eigenvalue weighted by Crippen LogP contribution is -2.13. The fourth-order valence-electron chi connectivity index (χ4n) is 2.40. The van der Waals surface area contributed by atoms with Crippen LogP contribution in [0.5, 0.6) is 0 Å². The number of esters is 1. The third-order valence-corrected chi connectivity index (χ3v) is 3.77. The van der Waals surface area contributed by atoms with E-state index in [1.165, 1.54) is 6.08 Å². The predicted octanol–water partition coefficient (Wildman–Crippen LogP) is 4.17. The van der Waals surface area contributed by atoms with Crippen LogP contribution >= 0.6 is 0 Å². The number of rotatable bonds is 8. The van der Waals surface area contributed by atoms with Crippen LogP contribution in [-0.4, -0.2) is 24.3 Å². The SMILES string of the molecule is CCCC(=O)Nc1ccc(C(=O)COC(=O)/C=C/c2cccc(C)c2)cc1. The highest BCUT2D eigenvalue weighted by Crippen LogP contribution is 2.11. The van der Waals surface area contributed by atoms with Gasteiger partial charge in [0.2, 0.25) is 5.91 Å². The monoisotopic (exact) mass is 365 g/mol. The number of hydrogen-bond acceptors (Lipinski definition) is 4. The summed E-state index contributed by atoms with van der Waals surface area (Å²) in [5, 5.41) is 2.75. The van der Waals surface area contributed by atoms with Gasteiger partial charge in [0.25, 0.3) is 0 Å². The molecule has 5 heteroatoms. The number of carbonyl (C=O) groups is 3. The van der Waals surface area contributed by atoms with Gasteiger partial charge in [0, 0.05) is 23.7 Å². The molecule has 0 unspecified atom stereocenters. The zero-order chi connectivity index (χ0) is 19.6. The van der Waals surface area contributed by atoms with E-state index in [2.05, 4.69) is 5.32 Å². The molecule has 1 amide bonds. The quantitative estimate of drug-likeness (QED) is 0.433. The number of ketones is 1. The van der Waals surface area contributed by atoms with Crippen molar-refractivity contribution in [3.63, 3.8) is 0 Å². The number of Topliss-reactive ketones (excluding diaryl/α,β-unsaturated/α-hetero) is 1. The second-order valence-corrected chi connectivity index (χ2v) is 6.15. The van der Waals surface area contributed by atoms with Crippen LogP contribution in [0.1, 0.15) is 41.3 Å². The molecule has 0 aliphatic rings. The van der Waals surface area contributed by atoms with Crippen LogP contribution in [0.15, 0.2) is 54.6 Å². The number of aryl methyl sites for hydroxylation is 1. The normalized spacial score (nSPS) is 10.6. The topological polar surface area (TPSA) is 72.5 Å². The molecule has 140 valence electrons. The molecule has 0 saturated carbocycles. The summed E-state index contributed by atoms with van der Waals surface area (Å²) >= 11 is 0. The molecule has 1 N–H and O–H groups in total. The maximum atomic E-state index is 12.1. The molecule has 5 nitrogen and oxygen atoms in total. The van der Waals surface area contributed by atoms with Crippen molar-refractivity contribution in [3.05, 3.63) is 71.3 Å². The highest BCUT2D eigenvalue weighted by atomic mass is 16.5. The number of benzene rings is 2. The molecule has 2 rings (SSSR count). The summed E-state index contributed by atoms with van der Waals surface area (Å²) in [5.41, 5.74) is 3.02. The van der Waals surface area contributed by atoms with E-state index in [0.717, 1.165) is 17.5 Å². The Hall–Kier alpha value is -3.21. The van der Waals surface area contributed by atoms with Crippen molar-refractivity contribution in [1.29, 1.82) is 0 Å². The summed E-state index contributed by atoms with van der Waals surface area (Å²) in [6, 6.07) is 14.2. The molecule has 0 spiro atoms. The number of nitrogens with one attached hydrogen (secondary N) is 1. The van der Waals surface area contributed by atoms with Gasteiger partial charge in [0.05, 0.1) is 0 Å². The van der Waals surface area contributed by atoms with Gasteiger partial charge in [-0.1, -0.05) is 36.8 Å². The molecule has 2 aromatic rings. The third kappa shape index (κ3) is 6.90. The average molecular weight is 365 g/mol. The smallest absolute Gasteiger partial charge is 0.331 e. The summed E-state index contributed by atoms with van der Waals surface area (Å²) in [5.74, 6) is -0.946. The number of ether oxygens (including phenoxy) is 1. The van der Waals surface area contributed by atoms with E-state index in [1.54, 1.807) is 30.3 Å². The first-order chi connectivity index (χ1) is 13.0. The Bertz CT molecular complexity index is 838. The lowest BCUT2D eigenvalue weighted by Gasteiger charge is -2.06. The second-order valence-electron chi connectivity index (χ2n) is 6.15. The minimum absolute atomic E-state index is 0.0640. The Morgan fingerprint density at radius 3 is 2.48 bits per heavy atom. The fraction of sp³-hybridized carbons (Fsp3) is 0.227. The van der Waals surface area contributed by atoms with Crippen LogP contribution in [0.4, 0.5) is 5.69 Å². The summed E-state index contributed by atoms with van der Waals surface area (Å²) in [4.78, 5) is 35.4. The molecule has 0 atom stereocenters. The van der Waals surface area contributed by atoms with E-state index in [9.17, 15) is 14.4 Å². The molecular formula is C22H23NO4. The van der Waals surface area contributed by atoms with Gasteiger partial charge in [0.1, 0.15) is 0 Å². The first kappa shape index (κ1) is 20.1. The molecule has 27 heavy (non-hydrogen) atoms. The van der Waals surface area contributed by atoms with Crippen LogP contribution in [0.25, 0.3) is 6.08 Å². The van der Waals surface area contributed by atoms with E-state index < -0.39 is 5.97 Å². The van der Waals surface area contributed by atoms with E-state index in [1.807, 2.05) is 38.1 Å². The maximum Gasteiger partial charge on any atom is 0.331 e. The van der Waals surface area contributed by atoms with Gasteiger partial charge >= 0.3 is 5.97 Å². The number of anilines is 1. The zero-order valence-electron chi connectivity index (χ0n) is 15.5. The highest BCUT2D eigenvalue weighted by Gasteiger charge is 2.09. The van der Waals surface area contributed by atoms with Crippen LogP contribution in [-0.2, 0) is 14.3 Å². The molecule has 0 fully saturated rings. The molecule has 0 aliphatic heterocycles. The van der Waals surface area contributed by atoms with Gasteiger partial charge in [-0.3, -0.25) is 9.59 Å². The van der Waals surface area contributed by atoms with Crippen molar-refractivity contribution in [3.8, 4) is 0 Å². The minimum atomic E-state index is -0.576. The summed E-state index contributed by atoms with van der Waals surface area (Å²) in [6.07, 6.45) is 4.17. The Morgan fingerprint density at radius 2 is 1.81 bits per heavy atom. The summed E-state index contributed by atoms with van der Waals surface area (Å²) in [6.45, 7) is 3.56. The van der Waals surface area contributed by atoms with Gasteiger partial charge in [-0.15, -0.1) is 0 Å². The van der Waals surface area contributed by atoms with Crippen LogP contribution in [0.3, 0.4) is 0 Å². The molecular weight excluding hydrogens is 342 g/mol. The number of amides is 1. The van der Waals surface area contributed by atoms with Crippen LogP contribution < -0.4 is 5.32 Å². The number of hydrogen-bond donors (Lipinski definition) is 1. The van der Waals surface area contributed by atoms with Crippen molar-refractivity contribution in [1.82, 2.24) is 0 Å². The fourth-order valence-corrected chi connectivity index (χ4v) is 2.40. The first-order valence-electron chi connectivity index (χ1n) is 8.82. The van der Waals surface area contributed by atoms with Gasteiger partial charge in [-0.05, 0) is 49.2 Å². The van der Waals surface area contributed by atoms with Crippen molar-refractivity contribution < 1.29 is 19.1 Å². The lowest BCUT2D eigenvalue weighted by atomic mass is 10.1. The Balaban J connectivity index is 1.84. The molecule has 0 bridgehead atoms. The number of carbonyl (C=O) groups excluding carboxylic acids is 3. The predicted molar refractivity (Wildman–Crippen MR) is 105 cm³/mol. The molecule has 2 aromatic carbocycles. The summed E-state index contributed by atoms with van der Waals surface area (Å²) < 4.78 is 4.99. The largest absolute Gasteiger partial charge is 0.454 e. The maximum absolute atomic E-state index is 12.1. The van der Waals surface area contributed by atoms with E-state index in [0.29, 0.717) is 17.7 Å².